The van der Waals surface area contributed by atoms with Gasteiger partial charge in [0.25, 0.3) is 0 Å². The summed E-state index contributed by atoms with van der Waals surface area (Å²) in [4.78, 5) is 0. The van der Waals surface area contributed by atoms with Crippen LogP contribution in [0.3, 0.4) is 0 Å². The number of hydrogen-bond acceptors (Lipinski definition) is 3. The molecule has 0 aliphatic heterocycles. The lowest BCUT2D eigenvalue weighted by Crippen LogP contribution is -2.04. The summed E-state index contributed by atoms with van der Waals surface area (Å²) < 4.78 is 132. The van der Waals surface area contributed by atoms with E-state index < -0.39 is 35.2 Å². The van der Waals surface area contributed by atoms with Crippen molar-refractivity contribution in [2.45, 2.75) is 18.5 Å². The van der Waals surface area contributed by atoms with Gasteiger partial charge < -0.3 is 14.2 Å². The molecule has 3 nitrogen and oxygen atoms in total. The fourth-order valence-electron chi connectivity index (χ4n) is 3.27. The fraction of sp³-hybridized carbons (Fsp3) is 0.111. The van der Waals surface area contributed by atoms with Gasteiger partial charge in [0.15, 0.2) is 0 Å². The van der Waals surface area contributed by atoms with Gasteiger partial charge in [-0.3, -0.25) is 0 Å². The van der Waals surface area contributed by atoms with Crippen LogP contribution in [0.5, 0.6) is 34.5 Å². The van der Waals surface area contributed by atoms with Crippen LogP contribution in [-0.4, -0.2) is 0 Å². The highest BCUT2D eigenvalue weighted by Gasteiger charge is 2.31. The minimum absolute atomic E-state index is 0.00100. The Morgan fingerprint density at radius 3 is 0.692 bits per heavy atom. The van der Waals surface area contributed by atoms with Gasteiger partial charge in [0.1, 0.15) is 34.5 Å². The maximum atomic E-state index is 12.8. The smallest absolute Gasteiger partial charge is 0.416 e. The Labute approximate surface area is 215 Å². The van der Waals surface area contributed by atoms with E-state index in [1.54, 1.807) is 0 Å². The molecule has 0 saturated heterocycles. The fourth-order valence-corrected chi connectivity index (χ4v) is 3.27. The molecule has 0 aliphatic carbocycles. The maximum Gasteiger partial charge on any atom is 0.416 e. The molecule has 0 bridgehead atoms. The number of halogens is 9. The highest BCUT2D eigenvalue weighted by Crippen LogP contribution is 2.38. The zero-order chi connectivity index (χ0) is 28.4. The summed E-state index contributed by atoms with van der Waals surface area (Å²) in [6.07, 6.45) is -13.7. The molecule has 4 aromatic carbocycles. The molecule has 12 heteroatoms. The highest BCUT2D eigenvalue weighted by atomic mass is 19.4. The predicted molar refractivity (Wildman–Crippen MR) is 121 cm³/mol. The third kappa shape index (κ3) is 7.37. The Hall–Kier alpha value is -4.35. The molecular formula is C27H15F9O3. The first-order valence-electron chi connectivity index (χ1n) is 10.9. The van der Waals surface area contributed by atoms with Crippen LogP contribution in [0.15, 0.2) is 91.0 Å². The average Bonchev–Trinajstić information content (AvgIpc) is 2.83. The normalized spacial score (nSPS) is 12.2. The van der Waals surface area contributed by atoms with E-state index in [1.165, 1.54) is 18.2 Å². The molecule has 0 amide bonds. The molecule has 4 aromatic rings. The average molecular weight is 558 g/mol. The molecule has 0 radical (unpaired) electrons. The van der Waals surface area contributed by atoms with Crippen molar-refractivity contribution in [3.8, 4) is 34.5 Å². The van der Waals surface area contributed by atoms with Gasteiger partial charge in [0.2, 0.25) is 0 Å². The molecule has 0 aromatic heterocycles. The van der Waals surface area contributed by atoms with E-state index in [1.807, 2.05) is 0 Å². The van der Waals surface area contributed by atoms with E-state index in [2.05, 4.69) is 0 Å². The first kappa shape index (κ1) is 27.7. The van der Waals surface area contributed by atoms with Crippen molar-refractivity contribution >= 4 is 0 Å². The largest absolute Gasteiger partial charge is 0.457 e. The lowest BCUT2D eigenvalue weighted by Gasteiger charge is -2.14. The molecule has 39 heavy (non-hydrogen) atoms. The summed E-state index contributed by atoms with van der Waals surface area (Å²) in [5, 5.41) is 0. The Morgan fingerprint density at radius 1 is 0.308 bits per heavy atom. The zero-order valence-corrected chi connectivity index (χ0v) is 19.3. The summed E-state index contributed by atoms with van der Waals surface area (Å²) in [6.45, 7) is 0. The molecule has 0 aliphatic rings. The quantitative estimate of drug-likeness (QED) is 0.221. The minimum atomic E-state index is -4.56. The van der Waals surface area contributed by atoms with Gasteiger partial charge in [0, 0.05) is 18.2 Å². The minimum Gasteiger partial charge on any atom is -0.457 e. The van der Waals surface area contributed by atoms with Crippen molar-refractivity contribution in [1.82, 2.24) is 0 Å². The van der Waals surface area contributed by atoms with Crippen molar-refractivity contribution in [1.29, 1.82) is 0 Å². The van der Waals surface area contributed by atoms with Gasteiger partial charge in [-0.05, 0) is 72.8 Å². The van der Waals surface area contributed by atoms with Crippen LogP contribution in [0.25, 0.3) is 0 Å². The molecule has 0 heterocycles. The molecule has 0 spiro atoms. The van der Waals surface area contributed by atoms with Crippen LogP contribution >= 0.6 is 0 Å². The molecule has 0 unspecified atom stereocenters. The van der Waals surface area contributed by atoms with Crippen molar-refractivity contribution < 1.29 is 53.7 Å². The Kier molecular flexibility index (Phi) is 7.40. The molecule has 0 N–H and O–H groups in total. The zero-order valence-electron chi connectivity index (χ0n) is 19.3. The van der Waals surface area contributed by atoms with Crippen LogP contribution in [-0.2, 0) is 18.5 Å². The van der Waals surface area contributed by atoms with E-state index >= 15 is 0 Å². The summed E-state index contributed by atoms with van der Waals surface area (Å²) in [7, 11) is 0. The van der Waals surface area contributed by atoms with Crippen molar-refractivity contribution in [3.05, 3.63) is 108 Å². The van der Waals surface area contributed by atoms with E-state index in [0.717, 1.165) is 72.8 Å². The van der Waals surface area contributed by atoms with E-state index in [-0.39, 0.29) is 34.5 Å². The Morgan fingerprint density at radius 2 is 0.513 bits per heavy atom. The highest BCUT2D eigenvalue weighted by molar-refractivity contribution is 5.47. The van der Waals surface area contributed by atoms with Gasteiger partial charge in [-0.15, -0.1) is 0 Å². The number of rotatable bonds is 6. The van der Waals surface area contributed by atoms with Gasteiger partial charge in [-0.1, -0.05) is 0 Å². The van der Waals surface area contributed by atoms with Gasteiger partial charge in [0.05, 0.1) is 16.7 Å². The van der Waals surface area contributed by atoms with Crippen LogP contribution in [0, 0.1) is 0 Å². The van der Waals surface area contributed by atoms with Crippen LogP contribution < -0.4 is 14.2 Å². The third-order valence-electron chi connectivity index (χ3n) is 5.11. The maximum absolute atomic E-state index is 12.8. The molecule has 0 saturated carbocycles. The standard InChI is InChI=1S/C27H15F9O3/c28-25(29,30)16-1-7-19(8-2-16)37-22-13-23(38-20-9-3-17(4-10-20)26(31,32)33)15-24(14-22)39-21-11-5-18(6-12-21)27(34,35)36/h1-15H. The molecule has 0 atom stereocenters. The van der Waals surface area contributed by atoms with Gasteiger partial charge in [-0.2, -0.15) is 39.5 Å². The predicted octanol–water partition coefficient (Wildman–Crippen LogP) is 10.1. The Balaban J connectivity index is 1.62. The second-order valence-corrected chi connectivity index (χ2v) is 8.01. The molecule has 0 fully saturated rings. The summed E-state index contributed by atoms with van der Waals surface area (Å²) in [5.74, 6) is 0.0312. The number of alkyl halides is 9. The monoisotopic (exact) mass is 558 g/mol. The lowest BCUT2D eigenvalue weighted by molar-refractivity contribution is -0.138. The van der Waals surface area contributed by atoms with Crippen molar-refractivity contribution in [2.75, 3.05) is 0 Å². The van der Waals surface area contributed by atoms with Crippen LogP contribution in [0.4, 0.5) is 39.5 Å². The second kappa shape index (κ2) is 10.4. The number of hydrogen-bond donors (Lipinski definition) is 0. The van der Waals surface area contributed by atoms with Crippen molar-refractivity contribution in [3.63, 3.8) is 0 Å². The van der Waals surface area contributed by atoms with E-state index in [0.29, 0.717) is 0 Å². The first-order valence-corrected chi connectivity index (χ1v) is 10.9. The van der Waals surface area contributed by atoms with Gasteiger partial charge in [-0.25, -0.2) is 0 Å². The number of benzene rings is 4. The summed E-state index contributed by atoms with van der Waals surface area (Å²) in [6, 6.07) is 15.2. The summed E-state index contributed by atoms with van der Waals surface area (Å²) in [5.41, 5.74) is -2.71. The SMILES string of the molecule is FC(F)(F)c1ccc(Oc2cc(Oc3ccc(C(F)(F)F)cc3)cc(Oc3ccc(C(F)(F)F)cc3)c2)cc1. The summed E-state index contributed by atoms with van der Waals surface area (Å²) >= 11 is 0. The number of ether oxygens (including phenoxy) is 3. The third-order valence-corrected chi connectivity index (χ3v) is 5.11. The second-order valence-electron chi connectivity index (χ2n) is 8.01. The van der Waals surface area contributed by atoms with Crippen LogP contribution in [0.1, 0.15) is 16.7 Å². The van der Waals surface area contributed by atoms with E-state index in [4.69, 9.17) is 14.2 Å². The van der Waals surface area contributed by atoms with E-state index in [9.17, 15) is 39.5 Å². The molecule has 4 rings (SSSR count). The van der Waals surface area contributed by atoms with Gasteiger partial charge >= 0.3 is 18.5 Å². The molecule has 204 valence electrons. The Bertz CT molecular complexity index is 1220. The van der Waals surface area contributed by atoms with Crippen LogP contribution in [0.2, 0.25) is 0 Å². The topological polar surface area (TPSA) is 27.7 Å². The first-order chi connectivity index (χ1) is 18.2. The van der Waals surface area contributed by atoms with Crippen molar-refractivity contribution in [2.24, 2.45) is 0 Å². The lowest BCUT2D eigenvalue weighted by atomic mass is 10.2. The molecular weight excluding hydrogens is 543 g/mol.